The molecule has 8 heteroatoms. The summed E-state index contributed by atoms with van der Waals surface area (Å²) in [6.45, 7) is -0.206. The van der Waals surface area contributed by atoms with E-state index in [4.69, 9.17) is 19.8 Å². The normalized spacial score (nSPS) is 14.0. The van der Waals surface area contributed by atoms with Gasteiger partial charge in [-0.2, -0.15) is 5.26 Å². The van der Waals surface area contributed by atoms with Crippen molar-refractivity contribution < 1.29 is 19.7 Å². The molecular formula is C13H12N4O4. The Balaban J connectivity index is 2.04. The molecule has 2 aromatic rings. The average molecular weight is 288 g/mol. The highest BCUT2D eigenvalue weighted by molar-refractivity contribution is 5.68. The van der Waals surface area contributed by atoms with E-state index in [2.05, 4.69) is 10.3 Å². The lowest BCUT2D eigenvalue weighted by Crippen LogP contribution is -2.21. The number of hydrogen-bond acceptors (Lipinski definition) is 7. The van der Waals surface area contributed by atoms with Gasteiger partial charge in [0.2, 0.25) is 6.79 Å². The van der Waals surface area contributed by atoms with Crippen LogP contribution in [-0.4, -0.2) is 44.7 Å². The molecule has 1 aromatic heterocycles. The fraction of sp³-hybridized carbons (Fsp3) is 0.308. The first-order valence-electron chi connectivity index (χ1n) is 6.25. The highest BCUT2D eigenvalue weighted by Gasteiger charge is 2.20. The maximum Gasteiger partial charge on any atom is 0.231 e. The monoisotopic (exact) mass is 288 g/mol. The highest BCUT2D eigenvalue weighted by Crippen LogP contribution is 2.36. The zero-order valence-corrected chi connectivity index (χ0v) is 10.9. The van der Waals surface area contributed by atoms with Gasteiger partial charge in [0, 0.05) is 5.56 Å². The molecule has 0 aliphatic carbocycles. The predicted octanol–water partition coefficient (Wildman–Crippen LogP) is -0.101. The summed E-state index contributed by atoms with van der Waals surface area (Å²) < 4.78 is 11.9. The van der Waals surface area contributed by atoms with Crippen LogP contribution in [-0.2, 0) is 6.54 Å². The van der Waals surface area contributed by atoms with Crippen molar-refractivity contribution >= 4 is 0 Å². The van der Waals surface area contributed by atoms with Crippen molar-refractivity contribution in [2.45, 2.75) is 12.6 Å². The number of nitrogens with zero attached hydrogens (tertiary/aromatic N) is 4. The van der Waals surface area contributed by atoms with Gasteiger partial charge in [-0.25, -0.2) is 4.68 Å². The molecule has 1 aromatic carbocycles. The van der Waals surface area contributed by atoms with Crippen molar-refractivity contribution in [3.05, 3.63) is 23.9 Å². The van der Waals surface area contributed by atoms with E-state index in [1.807, 2.05) is 6.07 Å². The van der Waals surface area contributed by atoms with Crippen LogP contribution < -0.4 is 9.47 Å². The summed E-state index contributed by atoms with van der Waals surface area (Å²) in [5.41, 5.74) is 1.27. The highest BCUT2D eigenvalue weighted by atomic mass is 16.7. The Morgan fingerprint density at radius 3 is 2.95 bits per heavy atom. The molecule has 0 bridgehead atoms. The van der Waals surface area contributed by atoms with Crippen LogP contribution in [0.5, 0.6) is 11.5 Å². The Labute approximate surface area is 119 Å². The van der Waals surface area contributed by atoms with Crippen LogP contribution in [0.3, 0.4) is 0 Å². The van der Waals surface area contributed by atoms with E-state index in [0.717, 1.165) is 0 Å². The van der Waals surface area contributed by atoms with Gasteiger partial charge < -0.3 is 19.7 Å². The van der Waals surface area contributed by atoms with Gasteiger partial charge in [-0.1, -0.05) is 5.21 Å². The fourth-order valence-electron chi connectivity index (χ4n) is 2.10. The van der Waals surface area contributed by atoms with E-state index in [1.54, 1.807) is 18.2 Å². The number of rotatable bonds is 4. The zero-order valence-electron chi connectivity index (χ0n) is 10.9. The Hall–Kier alpha value is -2.63. The second-order valence-electron chi connectivity index (χ2n) is 4.49. The second kappa shape index (κ2) is 5.40. The van der Waals surface area contributed by atoms with E-state index in [-0.39, 0.29) is 19.0 Å². The first-order chi connectivity index (χ1) is 10.2. The third-order valence-electron chi connectivity index (χ3n) is 3.08. The second-order valence-corrected chi connectivity index (χ2v) is 4.49. The first kappa shape index (κ1) is 13.4. The number of ether oxygens (including phenoxy) is 2. The lowest BCUT2D eigenvalue weighted by molar-refractivity contribution is 0.0782. The molecule has 2 N–H and O–H groups in total. The van der Waals surface area contributed by atoms with E-state index in [9.17, 15) is 5.11 Å². The van der Waals surface area contributed by atoms with Gasteiger partial charge >= 0.3 is 0 Å². The lowest BCUT2D eigenvalue weighted by atomic mass is 10.1. The van der Waals surface area contributed by atoms with Crippen molar-refractivity contribution in [2.75, 3.05) is 13.4 Å². The standard InChI is InChI=1S/C13H12N4O4/c14-4-10-13(17(16-15-10)5-9(19)6-18)8-1-2-11-12(3-8)21-7-20-11/h1-3,9,18-19H,5-7H2. The number of aliphatic hydroxyl groups is 2. The van der Waals surface area contributed by atoms with Crippen LogP contribution in [0.2, 0.25) is 0 Å². The fourth-order valence-corrected chi connectivity index (χ4v) is 2.10. The van der Waals surface area contributed by atoms with Gasteiger partial charge in [-0.3, -0.25) is 0 Å². The van der Waals surface area contributed by atoms with Crippen molar-refractivity contribution in [1.82, 2.24) is 15.0 Å². The molecule has 0 saturated heterocycles. The molecule has 21 heavy (non-hydrogen) atoms. The zero-order chi connectivity index (χ0) is 14.8. The number of fused-ring (bicyclic) bond motifs is 1. The van der Waals surface area contributed by atoms with Gasteiger partial charge in [-0.05, 0) is 18.2 Å². The molecule has 1 aliphatic rings. The minimum Gasteiger partial charge on any atom is -0.454 e. The summed E-state index contributed by atoms with van der Waals surface area (Å²) in [5, 5.41) is 35.3. The summed E-state index contributed by atoms with van der Waals surface area (Å²) >= 11 is 0. The van der Waals surface area contributed by atoms with Crippen molar-refractivity contribution in [3.63, 3.8) is 0 Å². The molecular weight excluding hydrogens is 276 g/mol. The quantitative estimate of drug-likeness (QED) is 0.807. The molecule has 2 heterocycles. The molecule has 108 valence electrons. The molecule has 3 rings (SSSR count). The van der Waals surface area contributed by atoms with E-state index in [0.29, 0.717) is 22.8 Å². The number of aromatic nitrogens is 3. The smallest absolute Gasteiger partial charge is 0.231 e. The summed E-state index contributed by atoms with van der Waals surface area (Å²) in [4.78, 5) is 0. The van der Waals surface area contributed by atoms with Crippen LogP contribution in [0.4, 0.5) is 0 Å². The average Bonchev–Trinajstić information content (AvgIpc) is 3.12. The SMILES string of the molecule is N#Cc1nnn(CC(O)CO)c1-c1ccc2c(c1)OCO2. The summed E-state index contributed by atoms with van der Waals surface area (Å²) in [6, 6.07) is 7.18. The molecule has 1 unspecified atom stereocenters. The van der Waals surface area contributed by atoms with Crippen molar-refractivity contribution in [2.24, 2.45) is 0 Å². The molecule has 0 spiro atoms. The van der Waals surface area contributed by atoms with Crippen LogP contribution >= 0.6 is 0 Å². The number of benzene rings is 1. The maximum absolute atomic E-state index is 9.55. The summed E-state index contributed by atoms with van der Waals surface area (Å²) in [6.07, 6.45) is -0.981. The Morgan fingerprint density at radius 1 is 1.38 bits per heavy atom. The van der Waals surface area contributed by atoms with E-state index >= 15 is 0 Å². The molecule has 0 radical (unpaired) electrons. The van der Waals surface area contributed by atoms with Gasteiger partial charge in [0.25, 0.3) is 0 Å². The van der Waals surface area contributed by atoms with Gasteiger partial charge in [0.05, 0.1) is 19.3 Å². The molecule has 0 amide bonds. The minimum absolute atomic E-state index is 0.0367. The molecule has 0 fully saturated rings. The van der Waals surface area contributed by atoms with Crippen LogP contribution in [0.15, 0.2) is 18.2 Å². The van der Waals surface area contributed by atoms with Crippen molar-refractivity contribution in [1.29, 1.82) is 5.26 Å². The van der Waals surface area contributed by atoms with Crippen LogP contribution in [0.1, 0.15) is 5.69 Å². The number of nitriles is 1. The Morgan fingerprint density at radius 2 is 2.19 bits per heavy atom. The van der Waals surface area contributed by atoms with E-state index in [1.165, 1.54) is 4.68 Å². The molecule has 1 atom stereocenters. The first-order valence-corrected chi connectivity index (χ1v) is 6.25. The summed E-state index contributed by atoms with van der Waals surface area (Å²) in [7, 11) is 0. The minimum atomic E-state index is -0.981. The topological polar surface area (TPSA) is 113 Å². The van der Waals surface area contributed by atoms with E-state index < -0.39 is 12.7 Å². The molecule has 8 nitrogen and oxygen atoms in total. The number of aliphatic hydroxyl groups excluding tert-OH is 2. The largest absolute Gasteiger partial charge is 0.454 e. The molecule has 0 saturated carbocycles. The Kier molecular flexibility index (Phi) is 3.43. The Bertz CT molecular complexity index is 707. The third-order valence-corrected chi connectivity index (χ3v) is 3.08. The predicted molar refractivity (Wildman–Crippen MR) is 69.4 cm³/mol. The van der Waals surface area contributed by atoms with Gasteiger partial charge in [0.1, 0.15) is 11.8 Å². The van der Waals surface area contributed by atoms with Crippen LogP contribution in [0.25, 0.3) is 11.3 Å². The lowest BCUT2D eigenvalue weighted by Gasteiger charge is -2.10. The van der Waals surface area contributed by atoms with Gasteiger partial charge in [-0.15, -0.1) is 5.10 Å². The molecule has 1 aliphatic heterocycles. The number of hydrogen-bond donors (Lipinski definition) is 2. The van der Waals surface area contributed by atoms with Gasteiger partial charge in [0.15, 0.2) is 17.2 Å². The van der Waals surface area contributed by atoms with Crippen LogP contribution in [0, 0.1) is 11.3 Å². The maximum atomic E-state index is 9.55. The third kappa shape index (κ3) is 2.40. The summed E-state index contributed by atoms with van der Waals surface area (Å²) in [5.74, 6) is 1.21. The van der Waals surface area contributed by atoms with Crippen molar-refractivity contribution in [3.8, 4) is 28.8 Å².